The number of carbonyl (C=O) groups is 1. The molecule has 0 bridgehead atoms. The molecule has 0 aliphatic carbocycles. The highest BCUT2D eigenvalue weighted by Crippen LogP contribution is 2.29. The van der Waals surface area contributed by atoms with E-state index in [0.717, 1.165) is 11.6 Å². The summed E-state index contributed by atoms with van der Waals surface area (Å²) in [6.45, 7) is 0. The van der Waals surface area contributed by atoms with Gasteiger partial charge in [-0.25, -0.2) is 14.8 Å². The van der Waals surface area contributed by atoms with Crippen LogP contribution in [-0.2, 0) is 11.2 Å². The summed E-state index contributed by atoms with van der Waals surface area (Å²) in [5.41, 5.74) is 0.259. The van der Waals surface area contributed by atoms with E-state index in [9.17, 15) is 24.4 Å². The molecule has 2 N–H and O–H groups in total. The van der Waals surface area contributed by atoms with Crippen LogP contribution in [0.15, 0.2) is 83.2 Å². The van der Waals surface area contributed by atoms with Crippen molar-refractivity contribution < 1.29 is 23.6 Å². The predicted molar refractivity (Wildman–Crippen MR) is 121 cm³/mol. The highest BCUT2D eigenvalue weighted by atomic mass is 19.1. The van der Waals surface area contributed by atoms with E-state index in [1.165, 1.54) is 30.7 Å². The van der Waals surface area contributed by atoms with E-state index in [1.807, 2.05) is 30.3 Å². The Hall–Kier alpha value is -4.86. The molecule has 0 aliphatic heterocycles. The Morgan fingerprint density at radius 1 is 1.15 bits per heavy atom. The number of nitro benzene ring substituents is 1. The van der Waals surface area contributed by atoms with E-state index in [1.54, 1.807) is 12.1 Å². The highest BCUT2D eigenvalue weighted by molar-refractivity contribution is 5.95. The number of rotatable bonds is 8. The van der Waals surface area contributed by atoms with Crippen molar-refractivity contribution in [3.63, 3.8) is 0 Å². The van der Waals surface area contributed by atoms with Gasteiger partial charge in [0.1, 0.15) is 11.5 Å². The average Bonchev–Trinajstić information content (AvgIpc) is 3.33. The smallest absolute Gasteiger partial charge is 0.352 e. The zero-order valence-corrected chi connectivity index (χ0v) is 17.5. The lowest BCUT2D eigenvalue weighted by atomic mass is 10.1. The monoisotopic (exact) mass is 460 g/mol. The summed E-state index contributed by atoms with van der Waals surface area (Å²) in [7, 11) is 0. The van der Waals surface area contributed by atoms with Gasteiger partial charge in [0.05, 0.1) is 28.8 Å². The number of carboxylic acid groups (broad SMARTS) is 1. The van der Waals surface area contributed by atoms with Gasteiger partial charge in [0.2, 0.25) is 5.82 Å². The molecule has 9 nitrogen and oxygen atoms in total. The summed E-state index contributed by atoms with van der Waals surface area (Å²) in [5.74, 6) is -1.83. The first-order chi connectivity index (χ1) is 16.4. The van der Waals surface area contributed by atoms with Gasteiger partial charge in [-0.3, -0.25) is 10.1 Å². The lowest BCUT2D eigenvalue weighted by Crippen LogP contribution is -2.14. The third kappa shape index (κ3) is 4.96. The number of nitrogens with one attached hydrogen (secondary N) is 1. The highest BCUT2D eigenvalue weighted by Gasteiger charge is 2.21. The van der Waals surface area contributed by atoms with Crippen LogP contribution in [-0.4, -0.2) is 26.0 Å². The topological polar surface area (TPSA) is 131 Å². The number of hydrogen-bond donors (Lipinski definition) is 2. The molecule has 0 radical (unpaired) electrons. The summed E-state index contributed by atoms with van der Waals surface area (Å²) >= 11 is 0. The number of hydrogen-bond acceptors (Lipinski definition) is 7. The van der Waals surface area contributed by atoms with Crippen molar-refractivity contribution in [2.75, 3.05) is 5.32 Å². The van der Waals surface area contributed by atoms with Gasteiger partial charge in [-0.15, -0.1) is 0 Å². The fraction of sp³-hybridized carbons (Fsp3) is 0.0417. The number of furan rings is 1. The second-order valence-corrected chi connectivity index (χ2v) is 7.11. The Morgan fingerprint density at radius 2 is 1.94 bits per heavy atom. The standard InChI is InChI=1S/C24H17FN4O5/c25-22-17(9-4-10-21(22)29(32)33)20-14-26-23(18(27-20)12-15-6-2-1-3-7-15)28-19(24(30)31)13-16-8-5-11-34-16/h1-11,13-14H,12H2,(H,26,28)(H,30,31)/b19-13-. The Morgan fingerprint density at radius 3 is 2.62 bits per heavy atom. The Bertz CT molecular complexity index is 1370. The number of nitro groups is 1. The maximum atomic E-state index is 14.8. The van der Waals surface area contributed by atoms with Crippen molar-refractivity contribution in [2.24, 2.45) is 0 Å². The van der Waals surface area contributed by atoms with Gasteiger partial charge in [0.25, 0.3) is 0 Å². The molecule has 2 heterocycles. The normalized spacial score (nSPS) is 11.3. The molecule has 0 atom stereocenters. The van der Waals surface area contributed by atoms with Crippen molar-refractivity contribution in [2.45, 2.75) is 6.42 Å². The molecule has 10 heteroatoms. The van der Waals surface area contributed by atoms with Crippen LogP contribution in [0.1, 0.15) is 17.0 Å². The first kappa shape index (κ1) is 22.3. The molecule has 34 heavy (non-hydrogen) atoms. The molecule has 2 aromatic heterocycles. The minimum absolute atomic E-state index is 0.0737. The summed E-state index contributed by atoms with van der Waals surface area (Å²) in [5, 5.41) is 23.5. The van der Waals surface area contributed by atoms with Crippen LogP contribution in [0.4, 0.5) is 15.9 Å². The third-order valence-electron chi connectivity index (χ3n) is 4.82. The summed E-state index contributed by atoms with van der Waals surface area (Å²) in [6.07, 6.45) is 4.18. The van der Waals surface area contributed by atoms with E-state index < -0.39 is 22.4 Å². The molecule has 170 valence electrons. The maximum Gasteiger partial charge on any atom is 0.352 e. The lowest BCUT2D eigenvalue weighted by molar-refractivity contribution is -0.387. The quantitative estimate of drug-likeness (QED) is 0.215. The second kappa shape index (κ2) is 9.74. The Labute approximate surface area is 192 Å². The lowest BCUT2D eigenvalue weighted by Gasteiger charge is -2.13. The molecule has 0 spiro atoms. The average molecular weight is 460 g/mol. The summed E-state index contributed by atoms with van der Waals surface area (Å²) in [4.78, 5) is 30.9. The van der Waals surface area contributed by atoms with Crippen LogP contribution in [0.2, 0.25) is 0 Å². The number of aromatic nitrogens is 2. The largest absolute Gasteiger partial charge is 0.477 e. The van der Waals surface area contributed by atoms with Gasteiger partial charge in [-0.1, -0.05) is 36.4 Å². The summed E-state index contributed by atoms with van der Waals surface area (Å²) in [6, 6.07) is 16.2. The van der Waals surface area contributed by atoms with E-state index in [2.05, 4.69) is 15.3 Å². The van der Waals surface area contributed by atoms with E-state index in [0.29, 0.717) is 11.5 Å². The molecule has 4 aromatic rings. The maximum absolute atomic E-state index is 14.8. The van der Waals surface area contributed by atoms with E-state index in [4.69, 9.17) is 4.42 Å². The van der Waals surface area contributed by atoms with Crippen molar-refractivity contribution in [1.29, 1.82) is 0 Å². The van der Waals surface area contributed by atoms with Gasteiger partial charge < -0.3 is 14.8 Å². The van der Waals surface area contributed by atoms with E-state index in [-0.39, 0.29) is 29.2 Å². The molecule has 2 aromatic carbocycles. The Kier molecular flexibility index (Phi) is 6.40. The minimum Gasteiger partial charge on any atom is -0.477 e. The second-order valence-electron chi connectivity index (χ2n) is 7.11. The van der Waals surface area contributed by atoms with Crippen LogP contribution in [0.25, 0.3) is 17.3 Å². The molecular weight excluding hydrogens is 443 g/mol. The van der Waals surface area contributed by atoms with Gasteiger partial charge in [0.15, 0.2) is 5.82 Å². The van der Waals surface area contributed by atoms with Crippen LogP contribution in [0.5, 0.6) is 0 Å². The van der Waals surface area contributed by atoms with Gasteiger partial charge in [-0.05, 0) is 23.8 Å². The van der Waals surface area contributed by atoms with E-state index >= 15 is 0 Å². The molecule has 0 saturated heterocycles. The predicted octanol–water partition coefficient (Wildman–Crippen LogP) is 4.91. The number of halogens is 1. The Balaban J connectivity index is 1.78. The first-order valence-electron chi connectivity index (χ1n) is 10.0. The van der Waals surface area contributed by atoms with Crippen LogP contribution in [0, 0.1) is 15.9 Å². The number of carboxylic acids is 1. The number of anilines is 1. The molecule has 4 rings (SSSR count). The molecular formula is C24H17FN4O5. The van der Waals surface area contributed by atoms with Gasteiger partial charge >= 0.3 is 11.7 Å². The van der Waals surface area contributed by atoms with Crippen LogP contribution in [0.3, 0.4) is 0 Å². The van der Waals surface area contributed by atoms with Crippen molar-refractivity contribution in [1.82, 2.24) is 9.97 Å². The molecule has 0 unspecified atom stereocenters. The van der Waals surface area contributed by atoms with Crippen LogP contribution < -0.4 is 5.32 Å². The molecule has 0 fully saturated rings. The first-order valence-corrected chi connectivity index (χ1v) is 10.0. The van der Waals surface area contributed by atoms with Crippen molar-refractivity contribution in [3.05, 3.63) is 112 Å². The number of aliphatic carboxylic acids is 1. The SMILES string of the molecule is O=C(O)/C(=C/c1ccco1)Nc1ncc(-c2cccc([N+](=O)[O-])c2F)nc1Cc1ccccc1. The van der Waals surface area contributed by atoms with Gasteiger partial charge in [0, 0.05) is 24.1 Å². The summed E-state index contributed by atoms with van der Waals surface area (Å²) < 4.78 is 20.0. The zero-order chi connectivity index (χ0) is 24.1. The van der Waals surface area contributed by atoms with Gasteiger partial charge in [-0.2, -0.15) is 4.39 Å². The molecule has 0 aliphatic rings. The number of nitrogens with zero attached hydrogens (tertiary/aromatic N) is 3. The van der Waals surface area contributed by atoms with Crippen molar-refractivity contribution >= 4 is 23.6 Å². The molecule has 0 amide bonds. The van der Waals surface area contributed by atoms with Crippen LogP contribution >= 0.6 is 0 Å². The third-order valence-corrected chi connectivity index (χ3v) is 4.82. The fourth-order valence-electron chi connectivity index (χ4n) is 3.23. The fourth-order valence-corrected chi connectivity index (χ4v) is 3.23. The zero-order valence-electron chi connectivity index (χ0n) is 17.5. The minimum atomic E-state index is -1.25. The molecule has 0 saturated carbocycles. The number of benzene rings is 2. The van der Waals surface area contributed by atoms with Crippen molar-refractivity contribution in [3.8, 4) is 11.3 Å².